The SMILES string of the molecule is C=C1/C=C\C=C(\c2cccc(-n3c4ccccc4c4c5c(ccc43)-c3ccccc3C5(C)C)c2)Sc2ccccc21. The first-order valence-corrected chi connectivity index (χ1v) is 15.0. The summed E-state index contributed by atoms with van der Waals surface area (Å²) < 4.78 is 2.45. The van der Waals surface area contributed by atoms with Gasteiger partial charge in [0.15, 0.2) is 0 Å². The Morgan fingerprint density at radius 3 is 2.39 bits per heavy atom. The fraction of sp³-hybridized carbons (Fsp3) is 0.0769. The Hall–Kier alpha value is -4.53. The smallest absolute Gasteiger partial charge is 0.0544 e. The van der Waals surface area contributed by atoms with Gasteiger partial charge in [-0.1, -0.05) is 123 Å². The van der Waals surface area contributed by atoms with Crippen LogP contribution < -0.4 is 0 Å². The Kier molecular flexibility index (Phi) is 5.32. The minimum Gasteiger partial charge on any atom is -0.309 e. The summed E-state index contributed by atoms with van der Waals surface area (Å²) in [5.41, 5.74) is 12.6. The zero-order valence-corrected chi connectivity index (χ0v) is 24.0. The highest BCUT2D eigenvalue weighted by atomic mass is 32.2. The number of rotatable bonds is 2. The van der Waals surface area contributed by atoms with Gasteiger partial charge in [-0.2, -0.15) is 0 Å². The first-order chi connectivity index (χ1) is 20.0. The van der Waals surface area contributed by atoms with E-state index in [0.29, 0.717) is 0 Å². The van der Waals surface area contributed by atoms with Crippen LogP contribution >= 0.6 is 11.8 Å². The van der Waals surface area contributed by atoms with Gasteiger partial charge in [0, 0.05) is 31.7 Å². The molecule has 0 saturated carbocycles. The van der Waals surface area contributed by atoms with Crippen molar-refractivity contribution in [2.45, 2.75) is 24.2 Å². The van der Waals surface area contributed by atoms with Crippen LogP contribution in [0.25, 0.3) is 49.1 Å². The molecule has 0 fully saturated rings. The van der Waals surface area contributed by atoms with Gasteiger partial charge >= 0.3 is 0 Å². The molecular weight excluding hydrogens is 515 g/mol. The Balaban J connectivity index is 1.35. The number of hydrogen-bond acceptors (Lipinski definition) is 1. The molecule has 5 aromatic carbocycles. The molecular formula is C39H29NS. The van der Waals surface area contributed by atoms with Gasteiger partial charge in [-0.3, -0.25) is 0 Å². The number of fused-ring (bicyclic) bond motifs is 8. The van der Waals surface area contributed by atoms with E-state index in [-0.39, 0.29) is 5.41 Å². The minimum absolute atomic E-state index is 0.0771. The standard InChI is InChI=1S/C39H29NS/c1-25-12-10-21-35(41-36-20-9-6-15-28(25)36)26-13-11-14-27(24-26)40-33-19-8-5-17-31(33)37-34(40)23-22-30-29-16-4-7-18-32(29)39(2,3)38(30)37/h4-24H,1H2,2-3H3/b12-10-,35-21-. The van der Waals surface area contributed by atoms with E-state index in [1.165, 1.54) is 70.7 Å². The lowest BCUT2D eigenvalue weighted by molar-refractivity contribution is 0.666. The quantitative estimate of drug-likeness (QED) is 0.210. The van der Waals surface area contributed by atoms with Crippen molar-refractivity contribution in [3.63, 3.8) is 0 Å². The molecule has 0 unspecified atom stereocenters. The van der Waals surface area contributed by atoms with Crippen molar-refractivity contribution in [1.82, 2.24) is 4.57 Å². The van der Waals surface area contributed by atoms with Crippen molar-refractivity contribution in [3.8, 4) is 16.8 Å². The van der Waals surface area contributed by atoms with E-state index in [4.69, 9.17) is 0 Å². The maximum Gasteiger partial charge on any atom is 0.0544 e. The van der Waals surface area contributed by atoms with E-state index in [9.17, 15) is 0 Å². The molecule has 0 atom stereocenters. The van der Waals surface area contributed by atoms with Crippen molar-refractivity contribution in [2.24, 2.45) is 0 Å². The van der Waals surface area contributed by atoms with Crippen molar-refractivity contribution >= 4 is 44.0 Å². The van der Waals surface area contributed by atoms with Crippen LogP contribution in [0.1, 0.15) is 36.1 Å². The molecule has 1 aliphatic heterocycles. The summed E-state index contributed by atoms with van der Waals surface area (Å²) in [5.74, 6) is 0. The van der Waals surface area contributed by atoms with Gasteiger partial charge < -0.3 is 4.57 Å². The van der Waals surface area contributed by atoms with Crippen LogP contribution in [0.2, 0.25) is 0 Å². The van der Waals surface area contributed by atoms with E-state index in [0.717, 1.165) is 5.57 Å². The summed E-state index contributed by atoms with van der Waals surface area (Å²) in [6.45, 7) is 9.03. The van der Waals surface area contributed by atoms with Crippen molar-refractivity contribution < 1.29 is 0 Å². The van der Waals surface area contributed by atoms with E-state index in [1.807, 2.05) is 11.8 Å². The van der Waals surface area contributed by atoms with Gasteiger partial charge in [0.1, 0.15) is 0 Å². The highest BCUT2D eigenvalue weighted by Gasteiger charge is 2.37. The molecule has 0 bridgehead atoms. The molecule has 1 nitrogen and oxygen atoms in total. The van der Waals surface area contributed by atoms with Crippen LogP contribution in [0, 0.1) is 0 Å². The summed E-state index contributed by atoms with van der Waals surface area (Å²) in [6.07, 6.45) is 6.44. The number of aromatic nitrogens is 1. The van der Waals surface area contributed by atoms with Crippen LogP contribution in [0.5, 0.6) is 0 Å². The maximum absolute atomic E-state index is 4.28. The molecule has 2 heterocycles. The Labute approximate surface area is 245 Å². The van der Waals surface area contributed by atoms with E-state index >= 15 is 0 Å². The number of nitrogens with zero attached hydrogens (tertiary/aromatic N) is 1. The molecule has 1 aliphatic carbocycles. The van der Waals surface area contributed by atoms with Crippen molar-refractivity contribution in [1.29, 1.82) is 0 Å². The van der Waals surface area contributed by atoms with Gasteiger partial charge in [0.05, 0.1) is 11.0 Å². The average Bonchev–Trinajstić information content (AvgIpc) is 3.45. The normalized spacial score (nSPS) is 17.3. The number of para-hydroxylation sites is 1. The van der Waals surface area contributed by atoms with Gasteiger partial charge in [-0.25, -0.2) is 0 Å². The summed E-state index contributed by atoms with van der Waals surface area (Å²) in [7, 11) is 0. The minimum atomic E-state index is -0.0771. The van der Waals surface area contributed by atoms with E-state index < -0.39 is 0 Å². The molecule has 2 aliphatic rings. The molecule has 196 valence electrons. The zero-order chi connectivity index (χ0) is 27.7. The first kappa shape index (κ1) is 24.3. The lowest BCUT2D eigenvalue weighted by atomic mass is 9.80. The van der Waals surface area contributed by atoms with Crippen molar-refractivity contribution in [2.75, 3.05) is 0 Å². The lowest BCUT2D eigenvalue weighted by Gasteiger charge is -2.22. The Bertz CT molecular complexity index is 2120. The fourth-order valence-electron chi connectivity index (χ4n) is 6.88. The third-order valence-corrected chi connectivity index (χ3v) is 9.91. The molecule has 1 aromatic heterocycles. The summed E-state index contributed by atoms with van der Waals surface area (Å²) in [5, 5.41) is 2.67. The number of hydrogen-bond donors (Lipinski definition) is 0. The Morgan fingerprint density at radius 1 is 0.707 bits per heavy atom. The van der Waals surface area contributed by atoms with E-state index in [2.05, 4.69) is 152 Å². The van der Waals surface area contributed by atoms with Crippen LogP contribution in [0.3, 0.4) is 0 Å². The third-order valence-electron chi connectivity index (χ3n) is 8.74. The average molecular weight is 544 g/mol. The molecule has 0 saturated heterocycles. The summed E-state index contributed by atoms with van der Waals surface area (Å²) in [4.78, 5) is 2.45. The van der Waals surface area contributed by atoms with Crippen molar-refractivity contribution in [3.05, 3.63) is 156 Å². The lowest BCUT2D eigenvalue weighted by Crippen LogP contribution is -2.15. The molecule has 0 N–H and O–H groups in total. The van der Waals surface area contributed by atoms with Crippen LogP contribution in [-0.4, -0.2) is 4.57 Å². The molecule has 0 radical (unpaired) electrons. The second kappa shape index (κ2) is 8.99. The predicted octanol–water partition coefficient (Wildman–Crippen LogP) is 10.8. The van der Waals surface area contributed by atoms with Gasteiger partial charge in [0.2, 0.25) is 0 Å². The highest BCUT2D eigenvalue weighted by Crippen LogP contribution is 2.53. The molecule has 8 rings (SSSR count). The van der Waals surface area contributed by atoms with Crippen LogP contribution in [0.4, 0.5) is 0 Å². The number of benzene rings is 5. The summed E-state index contributed by atoms with van der Waals surface area (Å²) >= 11 is 1.81. The predicted molar refractivity (Wildman–Crippen MR) is 177 cm³/mol. The Morgan fingerprint density at radius 2 is 1.49 bits per heavy atom. The van der Waals surface area contributed by atoms with Crippen LogP contribution in [0.15, 0.2) is 139 Å². The maximum atomic E-state index is 4.28. The third kappa shape index (κ3) is 3.57. The summed E-state index contributed by atoms with van der Waals surface area (Å²) in [6, 6.07) is 40.0. The molecule has 0 spiro atoms. The van der Waals surface area contributed by atoms with Gasteiger partial charge in [-0.05, 0) is 75.4 Å². The fourth-order valence-corrected chi connectivity index (χ4v) is 7.96. The number of thioether (sulfide) groups is 1. The largest absolute Gasteiger partial charge is 0.309 e. The second-order valence-corrected chi connectivity index (χ2v) is 12.6. The molecule has 41 heavy (non-hydrogen) atoms. The van der Waals surface area contributed by atoms with Crippen LogP contribution in [-0.2, 0) is 5.41 Å². The molecule has 2 heteroatoms. The first-order valence-electron chi connectivity index (χ1n) is 14.1. The van der Waals surface area contributed by atoms with E-state index in [1.54, 1.807) is 0 Å². The van der Waals surface area contributed by atoms with Gasteiger partial charge in [-0.15, -0.1) is 0 Å². The highest BCUT2D eigenvalue weighted by molar-refractivity contribution is 8.08. The second-order valence-electron chi connectivity index (χ2n) is 11.5. The van der Waals surface area contributed by atoms with Gasteiger partial charge in [0.25, 0.3) is 0 Å². The number of allylic oxidation sites excluding steroid dienone is 4. The zero-order valence-electron chi connectivity index (χ0n) is 23.2. The topological polar surface area (TPSA) is 4.93 Å². The molecule has 6 aromatic rings. The monoisotopic (exact) mass is 543 g/mol. The molecule has 0 amide bonds.